The van der Waals surface area contributed by atoms with Crippen molar-refractivity contribution in [2.24, 2.45) is 0 Å². The van der Waals surface area contributed by atoms with Gasteiger partial charge in [0.05, 0.1) is 19.1 Å². The minimum absolute atomic E-state index is 0.681. The zero-order valence-electron chi connectivity index (χ0n) is 12.7. The molecule has 4 rings (SSSR count). The van der Waals surface area contributed by atoms with Gasteiger partial charge in [0.25, 0.3) is 0 Å². The highest BCUT2D eigenvalue weighted by molar-refractivity contribution is 7.23. The number of benzene rings is 1. The van der Waals surface area contributed by atoms with Crippen LogP contribution in [0.25, 0.3) is 31.4 Å². The van der Waals surface area contributed by atoms with Crippen molar-refractivity contribution in [3.63, 3.8) is 0 Å². The largest absolute Gasteiger partial charge is 0.497 e. The maximum Gasteiger partial charge on any atom is 0.176 e. The first-order valence-electron chi connectivity index (χ1n) is 7.08. The highest BCUT2D eigenvalue weighted by Crippen LogP contribution is 2.41. The number of methoxy groups -OCH3 is 2. The van der Waals surface area contributed by atoms with Gasteiger partial charge in [-0.05, 0) is 35.7 Å². The first-order valence-corrected chi connectivity index (χ1v) is 8.78. The van der Waals surface area contributed by atoms with Crippen LogP contribution in [0.2, 0.25) is 0 Å². The van der Waals surface area contributed by atoms with Crippen LogP contribution in [0.1, 0.15) is 0 Å². The molecule has 0 unspecified atom stereocenters. The fourth-order valence-electron chi connectivity index (χ4n) is 2.51. The summed E-state index contributed by atoms with van der Waals surface area (Å²) >= 11 is 3.47. The molecule has 0 aliphatic heterocycles. The lowest BCUT2D eigenvalue weighted by molar-refractivity contribution is 0.393. The molecule has 116 valence electrons. The van der Waals surface area contributed by atoms with Crippen molar-refractivity contribution in [3.05, 3.63) is 47.8 Å². The molecular weight excluding hydrogens is 328 g/mol. The zero-order valence-corrected chi connectivity index (χ0v) is 14.3. The predicted octanol–water partition coefficient (Wildman–Crippen LogP) is 5.91. The van der Waals surface area contributed by atoms with Crippen LogP contribution in [0.15, 0.2) is 52.3 Å². The summed E-state index contributed by atoms with van der Waals surface area (Å²) in [7, 11) is 3.28. The molecule has 3 aromatic heterocycles. The van der Waals surface area contributed by atoms with E-state index >= 15 is 0 Å². The Hall–Kier alpha value is -2.24. The van der Waals surface area contributed by atoms with Crippen molar-refractivity contribution < 1.29 is 13.9 Å². The van der Waals surface area contributed by atoms with Crippen molar-refractivity contribution in [1.29, 1.82) is 0 Å². The molecule has 0 saturated heterocycles. The Labute approximate surface area is 141 Å². The lowest BCUT2D eigenvalue weighted by Crippen LogP contribution is -1.86. The number of furan rings is 1. The van der Waals surface area contributed by atoms with Gasteiger partial charge < -0.3 is 13.9 Å². The van der Waals surface area contributed by atoms with Crippen LogP contribution >= 0.6 is 22.7 Å². The second-order valence-electron chi connectivity index (χ2n) is 5.00. The maximum absolute atomic E-state index is 6.04. The van der Waals surface area contributed by atoms with Gasteiger partial charge in [0.2, 0.25) is 0 Å². The smallest absolute Gasteiger partial charge is 0.176 e. The molecule has 0 radical (unpaired) electrons. The van der Waals surface area contributed by atoms with Crippen LogP contribution in [-0.2, 0) is 0 Å². The van der Waals surface area contributed by atoms with E-state index in [1.807, 2.05) is 18.2 Å². The van der Waals surface area contributed by atoms with Crippen LogP contribution in [0.3, 0.4) is 0 Å². The molecular formula is C18H14O3S2. The van der Waals surface area contributed by atoms with E-state index in [1.165, 1.54) is 9.75 Å². The first kappa shape index (κ1) is 14.4. The van der Waals surface area contributed by atoms with Crippen molar-refractivity contribution in [2.45, 2.75) is 0 Å². The number of thiophene rings is 2. The summed E-state index contributed by atoms with van der Waals surface area (Å²) in [4.78, 5) is 3.63. The van der Waals surface area contributed by atoms with Gasteiger partial charge >= 0.3 is 0 Å². The quantitative estimate of drug-likeness (QED) is 0.462. The molecule has 5 heteroatoms. The normalized spacial score (nSPS) is 11.0. The van der Waals surface area contributed by atoms with E-state index in [-0.39, 0.29) is 0 Å². The average Bonchev–Trinajstić information content (AvgIpc) is 3.31. The molecule has 3 heterocycles. The number of ether oxygens (including phenoxy) is 2. The molecule has 0 saturated carbocycles. The standard InChI is InChI=1S/C18H14O3S2/c1-19-12-8-11-9-13(21-18(11)14(10-12)20-2)15-5-6-17(23-15)16-4-3-7-22-16/h3-10H,1-2H3. The van der Waals surface area contributed by atoms with E-state index < -0.39 is 0 Å². The molecule has 0 N–H and O–H groups in total. The lowest BCUT2D eigenvalue weighted by Gasteiger charge is -2.03. The molecule has 1 aromatic carbocycles. The Bertz CT molecular complexity index is 948. The van der Waals surface area contributed by atoms with Crippen molar-refractivity contribution in [2.75, 3.05) is 14.2 Å². The average molecular weight is 342 g/mol. The van der Waals surface area contributed by atoms with Crippen LogP contribution in [0.4, 0.5) is 0 Å². The Morgan fingerprint density at radius 1 is 0.913 bits per heavy atom. The van der Waals surface area contributed by atoms with E-state index in [0.717, 1.165) is 27.4 Å². The summed E-state index contributed by atoms with van der Waals surface area (Å²) in [5.41, 5.74) is 0.745. The van der Waals surface area contributed by atoms with E-state index in [0.29, 0.717) is 5.75 Å². The molecule has 0 atom stereocenters. The van der Waals surface area contributed by atoms with Crippen LogP contribution in [-0.4, -0.2) is 14.2 Å². The number of rotatable bonds is 4. The predicted molar refractivity (Wildman–Crippen MR) is 95.9 cm³/mol. The van der Waals surface area contributed by atoms with E-state index in [2.05, 4.69) is 29.6 Å². The second-order valence-corrected chi connectivity index (χ2v) is 7.03. The number of fused-ring (bicyclic) bond motifs is 1. The van der Waals surface area contributed by atoms with Gasteiger partial charge in [0.15, 0.2) is 11.3 Å². The van der Waals surface area contributed by atoms with Crippen LogP contribution in [0, 0.1) is 0 Å². The minimum Gasteiger partial charge on any atom is -0.497 e. The summed E-state index contributed by atoms with van der Waals surface area (Å²) < 4.78 is 16.8. The van der Waals surface area contributed by atoms with E-state index in [1.54, 1.807) is 36.9 Å². The maximum atomic E-state index is 6.04. The Balaban J connectivity index is 1.80. The van der Waals surface area contributed by atoms with Gasteiger partial charge in [0.1, 0.15) is 11.5 Å². The van der Waals surface area contributed by atoms with Crippen molar-refractivity contribution in [1.82, 2.24) is 0 Å². The third-order valence-corrected chi connectivity index (χ3v) is 5.79. The van der Waals surface area contributed by atoms with Gasteiger partial charge in [-0.3, -0.25) is 0 Å². The van der Waals surface area contributed by atoms with Crippen LogP contribution in [0.5, 0.6) is 11.5 Å². The molecule has 0 fully saturated rings. The Morgan fingerprint density at radius 3 is 2.52 bits per heavy atom. The van der Waals surface area contributed by atoms with Crippen molar-refractivity contribution >= 4 is 33.6 Å². The molecule has 0 spiro atoms. The number of hydrogen-bond acceptors (Lipinski definition) is 5. The first-order chi connectivity index (χ1) is 11.3. The summed E-state index contributed by atoms with van der Waals surface area (Å²) in [6.07, 6.45) is 0. The van der Waals surface area contributed by atoms with Crippen LogP contribution < -0.4 is 9.47 Å². The monoisotopic (exact) mass is 342 g/mol. The summed E-state index contributed by atoms with van der Waals surface area (Å²) in [5.74, 6) is 2.28. The summed E-state index contributed by atoms with van der Waals surface area (Å²) in [5, 5.41) is 3.06. The van der Waals surface area contributed by atoms with Gasteiger partial charge in [-0.2, -0.15) is 0 Å². The molecule has 4 aromatic rings. The summed E-state index contributed by atoms with van der Waals surface area (Å²) in [6, 6.07) is 14.3. The summed E-state index contributed by atoms with van der Waals surface area (Å²) in [6.45, 7) is 0. The van der Waals surface area contributed by atoms with Crippen molar-refractivity contribution in [3.8, 4) is 31.9 Å². The fourth-order valence-corrected chi connectivity index (χ4v) is 4.30. The highest BCUT2D eigenvalue weighted by atomic mass is 32.1. The molecule has 0 aliphatic carbocycles. The van der Waals surface area contributed by atoms with Gasteiger partial charge in [-0.25, -0.2) is 0 Å². The molecule has 0 aliphatic rings. The SMILES string of the molecule is COc1cc(OC)c2oc(-c3ccc(-c4cccs4)s3)cc2c1. The molecule has 3 nitrogen and oxygen atoms in total. The second kappa shape index (κ2) is 5.76. The third-order valence-electron chi connectivity index (χ3n) is 3.62. The van der Waals surface area contributed by atoms with Gasteiger partial charge in [0, 0.05) is 21.2 Å². The van der Waals surface area contributed by atoms with Gasteiger partial charge in [-0.1, -0.05) is 6.07 Å². The van der Waals surface area contributed by atoms with E-state index in [4.69, 9.17) is 13.9 Å². The topological polar surface area (TPSA) is 31.6 Å². The molecule has 23 heavy (non-hydrogen) atoms. The van der Waals surface area contributed by atoms with E-state index in [9.17, 15) is 0 Å². The Kier molecular flexibility index (Phi) is 3.59. The zero-order chi connectivity index (χ0) is 15.8. The Morgan fingerprint density at radius 2 is 1.78 bits per heavy atom. The molecule has 0 bridgehead atoms. The third kappa shape index (κ3) is 2.52. The van der Waals surface area contributed by atoms with Gasteiger partial charge in [-0.15, -0.1) is 22.7 Å². The fraction of sp³-hybridized carbons (Fsp3) is 0.111. The lowest BCUT2D eigenvalue weighted by atomic mass is 10.2. The molecule has 0 amide bonds. The minimum atomic E-state index is 0.681. The highest BCUT2D eigenvalue weighted by Gasteiger charge is 2.14. The number of hydrogen-bond donors (Lipinski definition) is 0.